The zero-order chi connectivity index (χ0) is 12.3. The third-order valence-corrected chi connectivity index (χ3v) is 2.54. The van der Waals surface area contributed by atoms with Crippen molar-refractivity contribution in [3.8, 4) is 0 Å². The molecule has 16 heavy (non-hydrogen) atoms. The summed E-state index contributed by atoms with van der Waals surface area (Å²) in [6.45, 7) is 1.69. The number of esters is 1. The predicted molar refractivity (Wildman–Crippen MR) is 56.7 cm³/mol. The third-order valence-electron chi connectivity index (χ3n) is 1.71. The van der Waals surface area contributed by atoms with Crippen LogP contribution in [-0.4, -0.2) is 17.5 Å². The van der Waals surface area contributed by atoms with E-state index in [-0.39, 0.29) is 16.6 Å². The van der Waals surface area contributed by atoms with Crippen LogP contribution in [-0.2, 0) is 4.74 Å². The fraction of sp³-hybridized carbons (Fsp3) is 0.222. The van der Waals surface area contributed by atoms with E-state index in [1.807, 2.05) is 0 Å². The molecule has 0 amide bonds. The quantitative estimate of drug-likeness (QED) is 0.488. The van der Waals surface area contributed by atoms with Crippen LogP contribution >= 0.6 is 15.9 Å². The fourth-order valence-electron chi connectivity index (χ4n) is 1.07. The molecule has 1 aromatic rings. The topological polar surface area (TPSA) is 69.4 Å². The molecule has 0 radical (unpaired) electrons. The first-order valence-corrected chi connectivity index (χ1v) is 5.07. The maximum atomic E-state index is 13.0. The Bertz CT molecular complexity index is 449. The van der Waals surface area contributed by atoms with E-state index in [0.717, 1.165) is 12.1 Å². The van der Waals surface area contributed by atoms with Gasteiger partial charge in [-0.05, 0) is 28.9 Å². The van der Waals surface area contributed by atoms with E-state index < -0.39 is 22.4 Å². The van der Waals surface area contributed by atoms with Crippen molar-refractivity contribution < 1.29 is 18.8 Å². The van der Waals surface area contributed by atoms with Crippen molar-refractivity contribution in [1.29, 1.82) is 0 Å². The number of benzene rings is 1. The summed E-state index contributed by atoms with van der Waals surface area (Å²) in [6, 6.07) is 1.61. The second-order valence-electron chi connectivity index (χ2n) is 2.76. The minimum absolute atomic E-state index is 0.0858. The van der Waals surface area contributed by atoms with Gasteiger partial charge in [-0.3, -0.25) is 10.1 Å². The number of ether oxygens (including phenoxy) is 1. The van der Waals surface area contributed by atoms with Crippen LogP contribution in [0.25, 0.3) is 0 Å². The molecule has 0 spiro atoms. The van der Waals surface area contributed by atoms with Crippen molar-refractivity contribution in [2.24, 2.45) is 0 Å². The number of nitro benzene ring substituents is 1. The highest BCUT2D eigenvalue weighted by molar-refractivity contribution is 9.10. The van der Waals surface area contributed by atoms with Crippen molar-refractivity contribution in [3.63, 3.8) is 0 Å². The molecule has 86 valence electrons. The lowest BCUT2D eigenvalue weighted by atomic mass is 10.2. The van der Waals surface area contributed by atoms with E-state index in [0.29, 0.717) is 0 Å². The van der Waals surface area contributed by atoms with Crippen molar-refractivity contribution in [2.75, 3.05) is 6.61 Å². The molecule has 0 aliphatic heterocycles. The van der Waals surface area contributed by atoms with E-state index >= 15 is 0 Å². The first kappa shape index (κ1) is 12.6. The summed E-state index contributed by atoms with van der Waals surface area (Å²) < 4.78 is 17.6. The van der Waals surface area contributed by atoms with Crippen LogP contribution in [0.1, 0.15) is 17.3 Å². The van der Waals surface area contributed by atoms with Crippen LogP contribution in [0.2, 0.25) is 0 Å². The molecule has 0 atom stereocenters. The largest absolute Gasteiger partial charge is 0.462 e. The maximum absolute atomic E-state index is 13.0. The first-order valence-electron chi connectivity index (χ1n) is 4.28. The number of rotatable bonds is 3. The van der Waals surface area contributed by atoms with Crippen molar-refractivity contribution >= 4 is 27.6 Å². The number of nitro groups is 1. The highest BCUT2D eigenvalue weighted by Crippen LogP contribution is 2.30. The second-order valence-corrected chi connectivity index (χ2v) is 3.56. The van der Waals surface area contributed by atoms with E-state index in [2.05, 4.69) is 20.7 Å². The van der Waals surface area contributed by atoms with Gasteiger partial charge in [0.25, 0.3) is 5.69 Å². The molecule has 0 bridgehead atoms. The lowest BCUT2D eigenvalue weighted by Crippen LogP contribution is -2.07. The van der Waals surface area contributed by atoms with Gasteiger partial charge in [-0.25, -0.2) is 9.18 Å². The molecule has 1 rings (SSSR count). The van der Waals surface area contributed by atoms with Gasteiger partial charge in [0.15, 0.2) is 0 Å². The van der Waals surface area contributed by atoms with E-state index in [9.17, 15) is 19.3 Å². The average Bonchev–Trinajstić information content (AvgIpc) is 2.20. The summed E-state index contributed by atoms with van der Waals surface area (Å²) in [5, 5.41) is 10.6. The van der Waals surface area contributed by atoms with Gasteiger partial charge in [0.2, 0.25) is 0 Å². The maximum Gasteiger partial charge on any atom is 0.339 e. The second kappa shape index (κ2) is 5.02. The van der Waals surface area contributed by atoms with Gasteiger partial charge in [-0.15, -0.1) is 0 Å². The van der Waals surface area contributed by atoms with Gasteiger partial charge in [-0.2, -0.15) is 0 Å². The number of hydrogen-bond acceptors (Lipinski definition) is 4. The Morgan fingerprint density at radius 3 is 2.75 bits per heavy atom. The fourth-order valence-corrected chi connectivity index (χ4v) is 1.60. The summed E-state index contributed by atoms with van der Waals surface area (Å²) in [5.74, 6) is -1.67. The molecule has 0 aromatic heterocycles. The standard InChI is InChI=1S/C9H7BrFNO4/c1-2-16-9(13)6-3-5(11)4-7(8(6)10)12(14)15/h3-4H,2H2,1H3. The average molecular weight is 292 g/mol. The Morgan fingerprint density at radius 2 is 2.25 bits per heavy atom. The van der Waals surface area contributed by atoms with Gasteiger partial charge in [0.05, 0.1) is 23.2 Å². The molecule has 0 aliphatic rings. The molecular weight excluding hydrogens is 285 g/mol. The predicted octanol–water partition coefficient (Wildman–Crippen LogP) is 2.67. The summed E-state index contributed by atoms with van der Waals surface area (Å²) in [5.41, 5.74) is -0.711. The zero-order valence-corrected chi connectivity index (χ0v) is 9.78. The van der Waals surface area contributed by atoms with Gasteiger partial charge in [0.1, 0.15) is 10.3 Å². The minimum atomic E-state index is -0.863. The van der Waals surface area contributed by atoms with Gasteiger partial charge in [0, 0.05) is 0 Å². The lowest BCUT2D eigenvalue weighted by Gasteiger charge is -2.04. The molecule has 0 heterocycles. The Labute approximate surface area is 98.5 Å². The molecule has 0 N–H and O–H groups in total. The van der Waals surface area contributed by atoms with Crippen molar-refractivity contribution in [3.05, 3.63) is 38.1 Å². The molecule has 0 unspecified atom stereocenters. The molecule has 0 saturated heterocycles. The Hall–Kier alpha value is -1.50. The molecular formula is C9H7BrFNO4. The number of hydrogen-bond donors (Lipinski definition) is 0. The van der Waals surface area contributed by atoms with Crippen LogP contribution in [0, 0.1) is 15.9 Å². The highest BCUT2D eigenvalue weighted by atomic mass is 79.9. The normalized spacial score (nSPS) is 9.94. The van der Waals surface area contributed by atoms with E-state index in [4.69, 9.17) is 0 Å². The van der Waals surface area contributed by atoms with Crippen LogP contribution in [0.5, 0.6) is 0 Å². The number of halogens is 2. The molecule has 7 heteroatoms. The summed E-state index contributed by atoms with van der Waals surface area (Å²) in [4.78, 5) is 21.1. The Morgan fingerprint density at radius 1 is 1.62 bits per heavy atom. The zero-order valence-electron chi connectivity index (χ0n) is 8.20. The Balaban J connectivity index is 3.29. The monoisotopic (exact) mass is 291 g/mol. The van der Waals surface area contributed by atoms with Crippen LogP contribution in [0.15, 0.2) is 16.6 Å². The molecule has 1 aromatic carbocycles. The summed E-state index contributed by atoms with van der Waals surface area (Å²) in [6.07, 6.45) is 0. The lowest BCUT2D eigenvalue weighted by molar-refractivity contribution is -0.385. The molecule has 0 saturated carbocycles. The van der Waals surface area contributed by atoms with Crippen LogP contribution in [0.4, 0.5) is 10.1 Å². The van der Waals surface area contributed by atoms with Gasteiger partial charge < -0.3 is 4.74 Å². The Kier molecular flexibility index (Phi) is 3.94. The molecule has 0 fully saturated rings. The summed E-state index contributed by atoms with van der Waals surface area (Å²) >= 11 is 2.88. The van der Waals surface area contributed by atoms with Gasteiger partial charge >= 0.3 is 5.97 Å². The van der Waals surface area contributed by atoms with Crippen LogP contribution in [0.3, 0.4) is 0 Å². The van der Waals surface area contributed by atoms with Gasteiger partial charge in [-0.1, -0.05) is 0 Å². The molecule has 5 nitrogen and oxygen atoms in total. The SMILES string of the molecule is CCOC(=O)c1cc(F)cc([N+](=O)[O-])c1Br. The van der Waals surface area contributed by atoms with Crippen molar-refractivity contribution in [1.82, 2.24) is 0 Å². The number of nitrogens with zero attached hydrogens (tertiary/aromatic N) is 1. The van der Waals surface area contributed by atoms with E-state index in [1.54, 1.807) is 6.92 Å². The van der Waals surface area contributed by atoms with Crippen LogP contribution < -0.4 is 0 Å². The minimum Gasteiger partial charge on any atom is -0.462 e. The van der Waals surface area contributed by atoms with Crippen molar-refractivity contribution in [2.45, 2.75) is 6.92 Å². The molecule has 0 aliphatic carbocycles. The third kappa shape index (κ3) is 2.54. The highest BCUT2D eigenvalue weighted by Gasteiger charge is 2.22. The van der Waals surface area contributed by atoms with E-state index in [1.165, 1.54) is 0 Å². The number of carbonyl (C=O) groups is 1. The summed E-state index contributed by atoms with van der Waals surface area (Å²) in [7, 11) is 0. The smallest absolute Gasteiger partial charge is 0.339 e. The first-order chi connectivity index (χ1) is 7.47. The number of carbonyl (C=O) groups excluding carboxylic acids is 1.